The molecule has 46 heavy (non-hydrogen) atoms. The minimum absolute atomic E-state index is 0.170. The molecule has 1 N–H and O–H groups in total. The number of nitrogens with zero attached hydrogens (tertiary/aromatic N) is 2. The predicted molar refractivity (Wildman–Crippen MR) is 163 cm³/mol. The van der Waals surface area contributed by atoms with Crippen molar-refractivity contribution in [2.45, 2.75) is 58.1 Å². The maximum absolute atomic E-state index is 13.7. The summed E-state index contributed by atoms with van der Waals surface area (Å²) in [5, 5.41) is 9.02. The quantitative estimate of drug-likeness (QED) is 0.161. The van der Waals surface area contributed by atoms with E-state index in [1.54, 1.807) is 12.1 Å². The number of piperidine rings is 1. The van der Waals surface area contributed by atoms with Gasteiger partial charge in [0.15, 0.2) is 18.1 Å². The number of ketones is 1. The number of aromatic nitrogens is 1. The number of carboxylic acids is 1. The fraction of sp³-hybridized carbons (Fsp3) is 0.455. The maximum Gasteiger partial charge on any atom is 0.341 e. The van der Waals surface area contributed by atoms with E-state index < -0.39 is 53.8 Å². The highest BCUT2D eigenvalue weighted by atomic mass is 16.5. The van der Waals surface area contributed by atoms with E-state index in [4.69, 9.17) is 28.8 Å². The average molecular weight is 641 g/mol. The number of methoxy groups -OCH3 is 2. The van der Waals surface area contributed by atoms with Gasteiger partial charge in [0.1, 0.15) is 24.5 Å². The third kappa shape index (κ3) is 9.53. The first-order chi connectivity index (χ1) is 21.9. The minimum Gasteiger partial charge on any atom is -0.493 e. The molecule has 1 amide bonds. The molecule has 2 heterocycles. The number of aliphatic carboxylic acids is 1. The standard InChI is InChI=1S/C33H40N2O11/c1-6-29(38)45-20-33(2,3)30(39)31(40)35-14-8-7-9-24(35)32(41)46-25(22-16-23(18-34-17-22)44-19-28(36)37)12-10-21-11-13-26(42-4)27(15-21)43-5/h6,11,13,15-18,24-25H,1,7-10,12,14,19-20H2,2-5H3,(H,36,37)/t24-,25+/m0/s1. The number of carboxylic acid groups (broad SMARTS) is 1. The second kappa shape index (κ2) is 16.4. The molecule has 1 fully saturated rings. The summed E-state index contributed by atoms with van der Waals surface area (Å²) in [6, 6.07) is 5.94. The van der Waals surface area contributed by atoms with Crippen molar-refractivity contribution >= 4 is 29.6 Å². The smallest absolute Gasteiger partial charge is 0.341 e. The summed E-state index contributed by atoms with van der Waals surface area (Å²) in [6.07, 6.45) is 5.15. The summed E-state index contributed by atoms with van der Waals surface area (Å²) >= 11 is 0. The number of hydrogen-bond donors (Lipinski definition) is 1. The molecular weight excluding hydrogens is 600 g/mol. The van der Waals surface area contributed by atoms with E-state index in [9.17, 15) is 24.0 Å². The Kier molecular flexibility index (Phi) is 12.7. The van der Waals surface area contributed by atoms with Crippen LogP contribution in [0.1, 0.15) is 56.8 Å². The molecule has 0 saturated carbocycles. The number of aryl methyl sites for hydroxylation is 1. The normalized spacial score (nSPS) is 15.2. The van der Waals surface area contributed by atoms with Crippen molar-refractivity contribution in [3.63, 3.8) is 0 Å². The topological polar surface area (TPSA) is 168 Å². The van der Waals surface area contributed by atoms with Crippen LogP contribution in [-0.2, 0) is 39.9 Å². The van der Waals surface area contributed by atoms with Crippen LogP contribution in [0.5, 0.6) is 17.2 Å². The molecule has 1 aliphatic heterocycles. The fourth-order valence-corrected chi connectivity index (χ4v) is 4.90. The molecule has 13 nitrogen and oxygen atoms in total. The Morgan fingerprint density at radius 1 is 1.09 bits per heavy atom. The molecular formula is C33H40N2O11. The Hall–Kier alpha value is -4.94. The van der Waals surface area contributed by atoms with Gasteiger partial charge in [-0.2, -0.15) is 0 Å². The SMILES string of the molecule is C=CC(=O)OCC(C)(C)C(=O)C(=O)N1CCCC[C@H]1C(=O)O[C@H](CCc1ccc(OC)c(OC)c1)c1cncc(OCC(=O)O)c1. The minimum atomic E-state index is -1.34. The van der Waals surface area contributed by atoms with Gasteiger partial charge in [0.25, 0.3) is 5.91 Å². The van der Waals surface area contributed by atoms with Crippen molar-refractivity contribution in [1.29, 1.82) is 0 Å². The molecule has 0 spiro atoms. The van der Waals surface area contributed by atoms with Crippen LogP contribution in [-0.4, -0.2) is 84.6 Å². The number of Topliss-reactive ketones (excluding diaryl/α,β-unsaturated/α-hetero) is 1. The third-order valence-corrected chi connectivity index (χ3v) is 7.46. The zero-order valence-electron chi connectivity index (χ0n) is 26.5. The van der Waals surface area contributed by atoms with E-state index in [1.807, 2.05) is 12.1 Å². The highest BCUT2D eigenvalue weighted by Crippen LogP contribution is 2.32. The van der Waals surface area contributed by atoms with E-state index in [-0.39, 0.29) is 31.7 Å². The Bertz CT molecular complexity index is 1440. The lowest BCUT2D eigenvalue weighted by Gasteiger charge is -2.36. The van der Waals surface area contributed by atoms with Gasteiger partial charge < -0.3 is 33.7 Å². The molecule has 1 aromatic heterocycles. The van der Waals surface area contributed by atoms with E-state index in [0.29, 0.717) is 36.3 Å². The monoisotopic (exact) mass is 640 g/mol. The van der Waals surface area contributed by atoms with Gasteiger partial charge in [0.2, 0.25) is 5.78 Å². The van der Waals surface area contributed by atoms with E-state index in [2.05, 4.69) is 11.6 Å². The number of esters is 2. The van der Waals surface area contributed by atoms with Crippen molar-refractivity contribution in [2.75, 3.05) is 34.0 Å². The number of carbonyl (C=O) groups excluding carboxylic acids is 4. The second-order valence-corrected chi connectivity index (χ2v) is 11.3. The van der Waals surface area contributed by atoms with Crippen LogP contribution in [0.25, 0.3) is 0 Å². The van der Waals surface area contributed by atoms with Crippen molar-refractivity contribution in [3.05, 3.63) is 60.4 Å². The molecule has 0 radical (unpaired) electrons. The number of ether oxygens (including phenoxy) is 5. The molecule has 1 aromatic carbocycles. The summed E-state index contributed by atoms with van der Waals surface area (Å²) in [5.41, 5.74) is -0.0258. The van der Waals surface area contributed by atoms with Crippen LogP contribution >= 0.6 is 0 Å². The summed E-state index contributed by atoms with van der Waals surface area (Å²) < 4.78 is 27.1. The van der Waals surface area contributed by atoms with Gasteiger partial charge >= 0.3 is 17.9 Å². The lowest BCUT2D eigenvalue weighted by molar-refractivity contribution is -0.165. The molecule has 0 bridgehead atoms. The molecule has 3 rings (SSSR count). The van der Waals surface area contributed by atoms with E-state index in [0.717, 1.165) is 11.6 Å². The van der Waals surface area contributed by atoms with Gasteiger partial charge in [-0.1, -0.05) is 12.6 Å². The van der Waals surface area contributed by atoms with Gasteiger partial charge in [-0.15, -0.1) is 0 Å². The Morgan fingerprint density at radius 3 is 2.50 bits per heavy atom. The van der Waals surface area contributed by atoms with E-state index >= 15 is 0 Å². The maximum atomic E-state index is 13.7. The summed E-state index contributed by atoms with van der Waals surface area (Å²) in [4.78, 5) is 68.4. The number of amides is 1. The van der Waals surface area contributed by atoms with Crippen LogP contribution in [0.3, 0.4) is 0 Å². The average Bonchev–Trinajstić information content (AvgIpc) is 3.07. The Morgan fingerprint density at radius 2 is 1.83 bits per heavy atom. The largest absolute Gasteiger partial charge is 0.493 e. The molecule has 1 saturated heterocycles. The number of benzene rings is 1. The lowest BCUT2D eigenvalue weighted by atomic mass is 9.87. The summed E-state index contributed by atoms with van der Waals surface area (Å²) in [6.45, 7) is 5.54. The number of hydrogen-bond acceptors (Lipinski definition) is 11. The van der Waals surface area contributed by atoms with Crippen LogP contribution < -0.4 is 14.2 Å². The van der Waals surface area contributed by atoms with E-state index in [1.165, 1.54) is 45.4 Å². The number of likely N-dealkylation sites (tertiary alicyclic amines) is 1. The van der Waals surface area contributed by atoms with Gasteiger partial charge in [-0.3, -0.25) is 14.6 Å². The third-order valence-electron chi connectivity index (χ3n) is 7.46. The lowest BCUT2D eigenvalue weighted by Crippen LogP contribution is -2.53. The van der Waals surface area contributed by atoms with Crippen LogP contribution in [0.2, 0.25) is 0 Å². The number of pyridine rings is 1. The van der Waals surface area contributed by atoms with Gasteiger partial charge in [-0.05, 0) is 69.7 Å². The highest BCUT2D eigenvalue weighted by Gasteiger charge is 2.42. The Balaban J connectivity index is 1.85. The molecule has 0 aliphatic carbocycles. The van der Waals surface area contributed by atoms with Crippen LogP contribution in [0.15, 0.2) is 49.3 Å². The molecule has 1 aliphatic rings. The van der Waals surface area contributed by atoms with Gasteiger partial charge in [0, 0.05) is 24.4 Å². The molecule has 0 unspecified atom stereocenters. The number of carbonyl (C=O) groups is 5. The van der Waals surface area contributed by atoms with Crippen molar-refractivity contribution in [2.24, 2.45) is 5.41 Å². The van der Waals surface area contributed by atoms with Crippen molar-refractivity contribution in [1.82, 2.24) is 9.88 Å². The first kappa shape index (κ1) is 35.5. The molecule has 13 heteroatoms. The molecule has 2 aromatic rings. The number of rotatable bonds is 16. The molecule has 248 valence electrons. The van der Waals surface area contributed by atoms with Gasteiger partial charge in [0.05, 0.1) is 25.8 Å². The molecule has 2 atom stereocenters. The first-order valence-corrected chi connectivity index (χ1v) is 14.8. The predicted octanol–water partition coefficient (Wildman–Crippen LogP) is 3.48. The van der Waals surface area contributed by atoms with Crippen molar-refractivity contribution in [3.8, 4) is 17.2 Å². The van der Waals surface area contributed by atoms with Gasteiger partial charge in [-0.25, -0.2) is 14.4 Å². The second-order valence-electron chi connectivity index (χ2n) is 11.3. The zero-order valence-corrected chi connectivity index (χ0v) is 26.5. The Labute approximate surface area is 267 Å². The summed E-state index contributed by atoms with van der Waals surface area (Å²) in [5.74, 6) is -3.00. The summed E-state index contributed by atoms with van der Waals surface area (Å²) in [7, 11) is 3.06. The van der Waals surface area contributed by atoms with Crippen molar-refractivity contribution < 1.29 is 52.8 Å². The van der Waals surface area contributed by atoms with Crippen LogP contribution in [0, 0.1) is 5.41 Å². The fourth-order valence-electron chi connectivity index (χ4n) is 4.90. The zero-order chi connectivity index (χ0) is 33.9. The highest BCUT2D eigenvalue weighted by molar-refractivity contribution is 6.38. The first-order valence-electron chi connectivity index (χ1n) is 14.8. The van der Waals surface area contributed by atoms with Crippen LogP contribution in [0.4, 0.5) is 0 Å².